The molecule has 0 amide bonds. The number of carboxylic acids is 1. The molecule has 0 aliphatic heterocycles. The first-order chi connectivity index (χ1) is 9.84. The van der Waals surface area contributed by atoms with Gasteiger partial charge in [-0.3, -0.25) is 0 Å². The van der Waals surface area contributed by atoms with Crippen LogP contribution in [0.2, 0.25) is 0 Å². The van der Waals surface area contributed by atoms with E-state index in [1.54, 1.807) is 0 Å². The molecule has 3 atom stereocenters. The first-order valence-electron chi connectivity index (χ1n) is 7.05. The Kier molecular flexibility index (Phi) is 3.34. The van der Waals surface area contributed by atoms with Gasteiger partial charge in [-0.2, -0.15) is 13.2 Å². The standard InChI is InChI=1S/C15H16F3NO2/c16-15(17,18)10-3-4-12(11(7-10)14(20)21)19-13-6-8-1-2-9(13)5-8/h3-4,7-9,13,19H,1-2,5-6H2,(H,20,21). The normalized spacial score (nSPS) is 27.9. The number of alkyl halides is 3. The highest BCUT2D eigenvalue weighted by Gasteiger charge is 2.40. The summed E-state index contributed by atoms with van der Waals surface area (Å²) in [5.41, 5.74) is -0.959. The van der Waals surface area contributed by atoms with E-state index < -0.39 is 17.7 Å². The van der Waals surface area contributed by atoms with Gasteiger partial charge < -0.3 is 10.4 Å². The Morgan fingerprint density at radius 1 is 1.24 bits per heavy atom. The van der Waals surface area contributed by atoms with Crippen molar-refractivity contribution in [3.8, 4) is 0 Å². The Balaban J connectivity index is 1.86. The number of carboxylic acid groups (broad SMARTS) is 1. The fourth-order valence-corrected chi connectivity index (χ4v) is 3.64. The van der Waals surface area contributed by atoms with Gasteiger partial charge in [-0.1, -0.05) is 6.42 Å². The number of hydrogen-bond acceptors (Lipinski definition) is 2. The highest BCUT2D eigenvalue weighted by molar-refractivity contribution is 5.94. The van der Waals surface area contributed by atoms with E-state index in [1.165, 1.54) is 12.5 Å². The Morgan fingerprint density at radius 3 is 2.52 bits per heavy atom. The van der Waals surface area contributed by atoms with Crippen molar-refractivity contribution in [2.75, 3.05) is 5.32 Å². The van der Waals surface area contributed by atoms with Crippen LogP contribution in [0.1, 0.15) is 41.6 Å². The van der Waals surface area contributed by atoms with Crippen molar-refractivity contribution in [1.29, 1.82) is 0 Å². The Labute approximate surface area is 120 Å². The van der Waals surface area contributed by atoms with Crippen molar-refractivity contribution in [3.05, 3.63) is 29.3 Å². The monoisotopic (exact) mass is 299 g/mol. The highest BCUT2D eigenvalue weighted by Crippen LogP contribution is 2.46. The molecule has 0 saturated heterocycles. The SMILES string of the molecule is O=C(O)c1cc(C(F)(F)F)ccc1NC1CC2CCC1C2. The lowest BCUT2D eigenvalue weighted by molar-refractivity contribution is -0.137. The molecule has 2 bridgehead atoms. The molecule has 1 aromatic carbocycles. The second-order valence-electron chi connectivity index (χ2n) is 5.99. The minimum absolute atomic E-state index is 0.179. The Bertz CT molecular complexity index is 571. The zero-order chi connectivity index (χ0) is 15.2. The van der Waals surface area contributed by atoms with Crippen molar-refractivity contribution in [3.63, 3.8) is 0 Å². The van der Waals surface area contributed by atoms with E-state index in [0.717, 1.165) is 25.3 Å². The molecule has 2 aliphatic rings. The predicted molar refractivity (Wildman–Crippen MR) is 71.3 cm³/mol. The van der Waals surface area contributed by atoms with Gasteiger partial charge in [0.05, 0.1) is 11.1 Å². The molecule has 2 fully saturated rings. The lowest BCUT2D eigenvalue weighted by Crippen LogP contribution is -2.27. The van der Waals surface area contributed by atoms with E-state index >= 15 is 0 Å². The summed E-state index contributed by atoms with van der Waals surface area (Å²) in [6, 6.07) is 3.05. The predicted octanol–water partition coefficient (Wildman–Crippen LogP) is 4.00. The van der Waals surface area contributed by atoms with Gasteiger partial charge in [0.1, 0.15) is 0 Å². The minimum atomic E-state index is -4.53. The largest absolute Gasteiger partial charge is 0.478 e. The molecule has 2 aliphatic carbocycles. The van der Waals surface area contributed by atoms with E-state index in [9.17, 15) is 18.0 Å². The molecular weight excluding hydrogens is 283 g/mol. The van der Waals surface area contributed by atoms with Gasteiger partial charge in [-0.05, 0) is 49.3 Å². The lowest BCUT2D eigenvalue weighted by Gasteiger charge is -2.25. The number of aromatic carboxylic acids is 1. The second kappa shape index (κ2) is 4.93. The number of nitrogens with one attached hydrogen (secondary N) is 1. The summed E-state index contributed by atoms with van der Waals surface area (Å²) in [4.78, 5) is 11.2. The quantitative estimate of drug-likeness (QED) is 0.886. The zero-order valence-electron chi connectivity index (χ0n) is 11.3. The molecule has 21 heavy (non-hydrogen) atoms. The van der Waals surface area contributed by atoms with Crippen LogP contribution < -0.4 is 5.32 Å². The molecule has 2 N–H and O–H groups in total. The third kappa shape index (κ3) is 2.71. The average Bonchev–Trinajstić information content (AvgIpc) is 2.99. The molecule has 0 radical (unpaired) electrons. The van der Waals surface area contributed by atoms with Crippen molar-refractivity contribution >= 4 is 11.7 Å². The topological polar surface area (TPSA) is 49.3 Å². The fourth-order valence-electron chi connectivity index (χ4n) is 3.64. The van der Waals surface area contributed by atoms with E-state index in [-0.39, 0.29) is 17.3 Å². The summed E-state index contributed by atoms with van der Waals surface area (Å²) in [6.45, 7) is 0. The number of carbonyl (C=O) groups is 1. The summed E-state index contributed by atoms with van der Waals surface area (Å²) in [6.07, 6.45) is -0.0897. The van der Waals surface area contributed by atoms with Crippen LogP contribution in [-0.2, 0) is 6.18 Å². The van der Waals surface area contributed by atoms with Gasteiger partial charge in [-0.15, -0.1) is 0 Å². The second-order valence-corrected chi connectivity index (χ2v) is 5.99. The third-order valence-electron chi connectivity index (χ3n) is 4.66. The maximum Gasteiger partial charge on any atom is 0.416 e. The molecule has 0 spiro atoms. The number of halogens is 3. The summed E-state index contributed by atoms with van der Waals surface area (Å²) in [5.74, 6) is -0.152. The Hall–Kier alpha value is -1.72. The molecule has 0 heterocycles. The Morgan fingerprint density at radius 2 is 2.00 bits per heavy atom. The summed E-state index contributed by atoms with van der Waals surface area (Å²) >= 11 is 0. The van der Waals surface area contributed by atoms with Crippen molar-refractivity contribution < 1.29 is 23.1 Å². The molecule has 6 heteroatoms. The van der Waals surface area contributed by atoms with Gasteiger partial charge in [0.2, 0.25) is 0 Å². The van der Waals surface area contributed by atoms with Crippen LogP contribution in [0.4, 0.5) is 18.9 Å². The molecule has 3 unspecified atom stereocenters. The average molecular weight is 299 g/mol. The maximum absolute atomic E-state index is 12.7. The van der Waals surface area contributed by atoms with Gasteiger partial charge in [-0.25, -0.2) is 4.79 Å². The first-order valence-corrected chi connectivity index (χ1v) is 7.05. The summed E-state index contributed by atoms with van der Waals surface area (Å²) in [5, 5.41) is 12.3. The van der Waals surface area contributed by atoms with Crippen molar-refractivity contribution in [2.24, 2.45) is 11.8 Å². The summed E-state index contributed by atoms with van der Waals surface area (Å²) < 4.78 is 38.0. The molecular formula is C15H16F3NO2. The fraction of sp³-hybridized carbons (Fsp3) is 0.533. The van der Waals surface area contributed by atoms with E-state index in [2.05, 4.69) is 5.32 Å². The third-order valence-corrected chi connectivity index (χ3v) is 4.66. The van der Waals surface area contributed by atoms with Crippen molar-refractivity contribution in [1.82, 2.24) is 0 Å². The number of hydrogen-bond donors (Lipinski definition) is 2. The van der Waals surface area contributed by atoms with Gasteiger partial charge in [0.15, 0.2) is 0 Å². The molecule has 2 saturated carbocycles. The molecule has 0 aromatic heterocycles. The zero-order valence-corrected chi connectivity index (χ0v) is 11.3. The maximum atomic E-state index is 12.7. The van der Waals surface area contributed by atoms with E-state index in [4.69, 9.17) is 5.11 Å². The van der Waals surface area contributed by atoms with Crippen LogP contribution in [-0.4, -0.2) is 17.1 Å². The molecule has 3 rings (SSSR count). The summed E-state index contributed by atoms with van der Waals surface area (Å²) in [7, 11) is 0. The van der Waals surface area contributed by atoms with Crippen LogP contribution in [0.25, 0.3) is 0 Å². The number of benzene rings is 1. The highest BCUT2D eigenvalue weighted by atomic mass is 19.4. The minimum Gasteiger partial charge on any atom is -0.478 e. The molecule has 114 valence electrons. The van der Waals surface area contributed by atoms with Crippen molar-refractivity contribution in [2.45, 2.75) is 37.9 Å². The van der Waals surface area contributed by atoms with Crippen LogP contribution in [0.5, 0.6) is 0 Å². The van der Waals surface area contributed by atoms with Gasteiger partial charge in [0, 0.05) is 11.7 Å². The van der Waals surface area contributed by atoms with E-state index in [0.29, 0.717) is 17.9 Å². The van der Waals surface area contributed by atoms with Gasteiger partial charge >= 0.3 is 12.1 Å². The smallest absolute Gasteiger partial charge is 0.416 e. The van der Waals surface area contributed by atoms with Crippen LogP contribution >= 0.6 is 0 Å². The first kappa shape index (κ1) is 14.2. The number of fused-ring (bicyclic) bond motifs is 2. The van der Waals surface area contributed by atoms with Gasteiger partial charge in [0.25, 0.3) is 0 Å². The number of anilines is 1. The molecule has 1 aromatic rings. The van der Waals surface area contributed by atoms with Crippen LogP contribution in [0, 0.1) is 11.8 Å². The van der Waals surface area contributed by atoms with Crippen LogP contribution in [0.15, 0.2) is 18.2 Å². The van der Waals surface area contributed by atoms with Crippen LogP contribution in [0.3, 0.4) is 0 Å². The van der Waals surface area contributed by atoms with E-state index in [1.807, 2.05) is 0 Å². The lowest BCUT2D eigenvalue weighted by atomic mass is 9.94. The molecule has 3 nitrogen and oxygen atoms in total. The number of rotatable bonds is 3.